The highest BCUT2D eigenvalue weighted by Gasteiger charge is 2.75. The second kappa shape index (κ2) is 8.39. The van der Waals surface area contributed by atoms with Crippen LogP contribution in [-0.4, -0.2) is 42.0 Å². The Bertz CT molecular complexity index is 1410. The van der Waals surface area contributed by atoms with E-state index in [2.05, 4.69) is 38.5 Å². The second-order valence-electron chi connectivity index (χ2n) is 15.4. The first-order chi connectivity index (χ1) is 18.2. The van der Waals surface area contributed by atoms with Crippen LogP contribution in [0.1, 0.15) is 100 Å². The van der Waals surface area contributed by atoms with Crippen molar-refractivity contribution in [3.8, 4) is 6.07 Å². The molecule has 5 aliphatic carbocycles. The number of hydrogen-bond donors (Lipinski definition) is 2. The average molecular weight is 571 g/mol. The number of nitrogens with zero attached hydrogens (tertiary/aromatic N) is 1. The van der Waals surface area contributed by atoms with E-state index in [9.17, 15) is 28.4 Å². The minimum absolute atomic E-state index is 0.0214. The summed E-state index contributed by atoms with van der Waals surface area (Å²) in [5.41, 5.74) is -4.40. The van der Waals surface area contributed by atoms with E-state index in [1.807, 2.05) is 20.8 Å². The van der Waals surface area contributed by atoms with Crippen LogP contribution in [0.25, 0.3) is 0 Å². The minimum atomic E-state index is -3.48. The first-order valence-electron chi connectivity index (χ1n) is 14.9. The average Bonchev–Trinajstić information content (AvgIpc) is 2.86. The first kappa shape index (κ1) is 29.7. The number of fused-ring (bicyclic) bond motifs is 7. The summed E-state index contributed by atoms with van der Waals surface area (Å²) in [6.45, 7) is 15.8. The molecule has 220 valence electrons. The zero-order valence-corrected chi connectivity index (χ0v) is 26.2. The van der Waals surface area contributed by atoms with Gasteiger partial charge in [-0.25, -0.2) is 13.1 Å². The molecule has 0 aromatic heterocycles. The molecule has 0 aliphatic heterocycles. The highest BCUT2D eigenvalue weighted by atomic mass is 32.2. The summed E-state index contributed by atoms with van der Waals surface area (Å²) in [5.74, 6) is -0.964. The molecule has 5 rings (SSSR count). The van der Waals surface area contributed by atoms with Crippen LogP contribution in [0.15, 0.2) is 23.3 Å². The number of allylic oxidation sites excluding steroid dienone is 3. The van der Waals surface area contributed by atoms with Gasteiger partial charge in [-0.1, -0.05) is 47.6 Å². The molecule has 0 radical (unpaired) electrons. The van der Waals surface area contributed by atoms with Gasteiger partial charge in [-0.15, -0.1) is 0 Å². The molecule has 0 bridgehead atoms. The molecular formula is C32H46N2O5S. The first-order valence-corrected chi connectivity index (χ1v) is 16.5. The third-order valence-corrected chi connectivity index (χ3v) is 14.6. The van der Waals surface area contributed by atoms with Crippen LogP contribution in [0.4, 0.5) is 0 Å². The maximum absolute atomic E-state index is 14.5. The fraction of sp³-hybridized carbons (Fsp3) is 0.781. The summed E-state index contributed by atoms with van der Waals surface area (Å²) in [5, 5.41) is 22.8. The largest absolute Gasteiger partial charge is 0.381 e. The zero-order chi connectivity index (χ0) is 29.9. The number of hydrogen-bond acceptors (Lipinski definition) is 6. The highest BCUT2D eigenvalue weighted by Crippen LogP contribution is 2.75. The van der Waals surface area contributed by atoms with Gasteiger partial charge in [0, 0.05) is 27.7 Å². The number of Topliss-reactive ketones (excluding diaryl/α,β-unsaturated/α-hetero) is 1. The summed E-state index contributed by atoms with van der Waals surface area (Å²) >= 11 is 0. The second-order valence-corrected chi connectivity index (χ2v) is 17.4. The SMILES string of the molecule is CCS(=O)(=O)N[C@@]1(C)CC[C@@]2(C)CC[C@@]3(C)[C@]4(C)CC[C@H]5C(C)(C)C(=O)C(C#N)=C[C@]5(C)C4=CC(=O)[C@]3(O)[C@@H]2C1. The molecule has 8 atom stereocenters. The van der Waals surface area contributed by atoms with E-state index in [1.54, 1.807) is 19.1 Å². The number of ketones is 2. The van der Waals surface area contributed by atoms with Crippen molar-refractivity contribution >= 4 is 21.6 Å². The Balaban J connectivity index is 1.68. The molecule has 5 aliphatic rings. The van der Waals surface area contributed by atoms with Crippen molar-refractivity contribution in [2.24, 2.45) is 38.9 Å². The number of carbonyl (C=O) groups is 2. The molecule has 0 heterocycles. The van der Waals surface area contributed by atoms with Gasteiger partial charge in [0.15, 0.2) is 11.6 Å². The number of nitrogens with one attached hydrogen (secondary N) is 1. The van der Waals surface area contributed by atoms with Crippen molar-refractivity contribution in [2.75, 3.05) is 5.75 Å². The minimum Gasteiger partial charge on any atom is -0.381 e. The van der Waals surface area contributed by atoms with E-state index < -0.39 is 48.7 Å². The summed E-state index contributed by atoms with van der Waals surface area (Å²) < 4.78 is 28.2. The van der Waals surface area contributed by atoms with E-state index in [0.29, 0.717) is 19.3 Å². The molecule has 3 fully saturated rings. The Labute approximate surface area is 239 Å². The fourth-order valence-corrected chi connectivity index (χ4v) is 11.4. The van der Waals surface area contributed by atoms with Crippen molar-refractivity contribution in [3.05, 3.63) is 23.3 Å². The van der Waals surface area contributed by atoms with Crippen LogP contribution in [0.5, 0.6) is 0 Å². The van der Waals surface area contributed by atoms with Gasteiger partial charge in [0.25, 0.3) is 0 Å². The lowest BCUT2D eigenvalue weighted by molar-refractivity contribution is -0.239. The van der Waals surface area contributed by atoms with Crippen LogP contribution < -0.4 is 4.72 Å². The van der Waals surface area contributed by atoms with E-state index in [0.717, 1.165) is 31.3 Å². The van der Waals surface area contributed by atoms with Crippen molar-refractivity contribution < 1.29 is 23.1 Å². The molecule has 0 unspecified atom stereocenters. The maximum atomic E-state index is 14.5. The number of carbonyl (C=O) groups excluding carboxylic acids is 2. The van der Waals surface area contributed by atoms with Crippen LogP contribution in [0.2, 0.25) is 0 Å². The number of nitriles is 1. The molecule has 0 aromatic carbocycles. The number of aliphatic hydroxyl groups is 1. The molecule has 0 saturated heterocycles. The van der Waals surface area contributed by atoms with Crippen molar-refractivity contribution in [2.45, 2.75) is 111 Å². The smallest absolute Gasteiger partial charge is 0.211 e. The van der Waals surface area contributed by atoms with Gasteiger partial charge in [0.1, 0.15) is 11.7 Å². The van der Waals surface area contributed by atoms with Gasteiger partial charge in [-0.2, -0.15) is 5.26 Å². The number of sulfonamides is 1. The molecule has 8 heteroatoms. The van der Waals surface area contributed by atoms with Crippen molar-refractivity contribution in [1.82, 2.24) is 4.72 Å². The Morgan fingerprint density at radius 3 is 2.23 bits per heavy atom. The van der Waals surface area contributed by atoms with E-state index in [1.165, 1.54) is 0 Å². The van der Waals surface area contributed by atoms with E-state index in [4.69, 9.17) is 0 Å². The summed E-state index contributed by atoms with van der Waals surface area (Å²) in [6, 6.07) is 2.13. The van der Waals surface area contributed by atoms with Gasteiger partial charge in [-0.05, 0) is 87.2 Å². The van der Waals surface area contributed by atoms with Crippen LogP contribution in [0.3, 0.4) is 0 Å². The maximum Gasteiger partial charge on any atom is 0.211 e. The lowest BCUT2D eigenvalue weighted by atomic mass is 9.33. The predicted molar refractivity (Wildman–Crippen MR) is 153 cm³/mol. The molecular weight excluding hydrogens is 524 g/mol. The standard InChI is InChI=1S/C32H46N2O5S/c1-9-40(38,39)34-28(5)14-12-27(4)13-15-31(8)30(7)11-10-21-26(2,3)25(36)20(19-33)17-29(21,6)22(30)16-24(35)32(31,37)23(27)18-28/h16-17,21,23,34,37H,9-15,18H2,1-8H3/t21-,23+,27-,28-,29-,30+,31-,32+/m0/s1. The normalized spacial score (nSPS) is 48.0. The summed E-state index contributed by atoms with van der Waals surface area (Å²) in [7, 11) is -3.48. The molecule has 2 N–H and O–H groups in total. The van der Waals surface area contributed by atoms with Gasteiger partial charge in [0.05, 0.1) is 11.3 Å². The Kier molecular flexibility index (Phi) is 6.22. The van der Waals surface area contributed by atoms with Crippen LogP contribution in [-0.2, 0) is 19.6 Å². The zero-order valence-electron chi connectivity index (χ0n) is 25.4. The Hall–Kier alpha value is -1.82. The molecule has 3 saturated carbocycles. The summed E-state index contributed by atoms with van der Waals surface area (Å²) in [6.07, 6.45) is 8.22. The van der Waals surface area contributed by atoms with E-state index in [-0.39, 0.29) is 34.2 Å². The Morgan fingerprint density at radius 2 is 1.62 bits per heavy atom. The molecule has 7 nitrogen and oxygen atoms in total. The lowest BCUT2D eigenvalue weighted by Crippen LogP contribution is -2.74. The van der Waals surface area contributed by atoms with Gasteiger partial charge >= 0.3 is 0 Å². The number of rotatable bonds is 3. The van der Waals surface area contributed by atoms with Gasteiger partial charge in [-0.3, -0.25) is 9.59 Å². The van der Waals surface area contributed by atoms with Gasteiger partial charge < -0.3 is 5.11 Å². The fourth-order valence-electron chi connectivity index (χ4n) is 10.3. The topological polar surface area (TPSA) is 124 Å². The highest BCUT2D eigenvalue weighted by molar-refractivity contribution is 7.89. The van der Waals surface area contributed by atoms with Crippen molar-refractivity contribution in [3.63, 3.8) is 0 Å². The molecule has 40 heavy (non-hydrogen) atoms. The van der Waals surface area contributed by atoms with Crippen molar-refractivity contribution in [1.29, 1.82) is 5.26 Å². The third kappa shape index (κ3) is 3.50. The quantitative estimate of drug-likeness (QED) is 0.491. The summed E-state index contributed by atoms with van der Waals surface area (Å²) in [4.78, 5) is 27.7. The molecule has 0 spiro atoms. The molecule has 0 aromatic rings. The molecule has 0 amide bonds. The third-order valence-electron chi connectivity index (χ3n) is 13.0. The van der Waals surface area contributed by atoms with Crippen LogP contribution in [0, 0.1) is 50.2 Å². The Morgan fingerprint density at radius 1 is 1.00 bits per heavy atom. The lowest BCUT2D eigenvalue weighted by Gasteiger charge is -2.71. The van der Waals surface area contributed by atoms with Crippen LogP contribution >= 0.6 is 0 Å². The monoisotopic (exact) mass is 570 g/mol. The predicted octanol–water partition coefficient (Wildman–Crippen LogP) is 5.01. The van der Waals surface area contributed by atoms with E-state index >= 15 is 0 Å². The van der Waals surface area contributed by atoms with Gasteiger partial charge in [0.2, 0.25) is 10.0 Å².